The van der Waals surface area contributed by atoms with Crippen LogP contribution in [-0.4, -0.2) is 17.2 Å². The second-order valence-corrected chi connectivity index (χ2v) is 5.44. The van der Waals surface area contributed by atoms with Gasteiger partial charge in [-0.25, -0.2) is 0 Å². The van der Waals surface area contributed by atoms with Crippen LogP contribution in [0, 0.1) is 25.2 Å². The first-order valence-corrected chi connectivity index (χ1v) is 7.06. The summed E-state index contributed by atoms with van der Waals surface area (Å²) in [5, 5.41) is 18.4. The Morgan fingerprint density at radius 2 is 1.90 bits per heavy atom. The fraction of sp³-hybridized carbons (Fsp3) is 0.312. The zero-order valence-corrected chi connectivity index (χ0v) is 13.3. The maximum absolute atomic E-state index is 9.41. The number of aryl methyl sites for hydroxylation is 1. The molecule has 0 fully saturated rings. The largest absolute Gasteiger partial charge is 0.350 e. The van der Waals surface area contributed by atoms with Crippen molar-refractivity contribution in [1.82, 2.24) is 10.2 Å². The van der Waals surface area contributed by atoms with E-state index < -0.39 is 0 Å². The standard InChI is InChI=1S/C16H17ClN4/c1-10-11(2)19-20-16(14(10)9-18)21(4)12(3)13-7-5-6-8-15(13)17/h5-8,12H,1-4H3. The summed E-state index contributed by atoms with van der Waals surface area (Å²) in [6.07, 6.45) is 0. The molecule has 1 atom stereocenters. The lowest BCUT2D eigenvalue weighted by atomic mass is 10.1. The van der Waals surface area contributed by atoms with Crippen molar-refractivity contribution >= 4 is 17.4 Å². The molecule has 5 heteroatoms. The summed E-state index contributed by atoms with van der Waals surface area (Å²) in [5.41, 5.74) is 3.18. The lowest BCUT2D eigenvalue weighted by Crippen LogP contribution is -2.25. The molecular weight excluding hydrogens is 284 g/mol. The van der Waals surface area contributed by atoms with Crippen molar-refractivity contribution in [2.75, 3.05) is 11.9 Å². The number of hydrogen-bond acceptors (Lipinski definition) is 4. The van der Waals surface area contributed by atoms with Crippen LogP contribution < -0.4 is 4.90 Å². The summed E-state index contributed by atoms with van der Waals surface area (Å²) < 4.78 is 0. The summed E-state index contributed by atoms with van der Waals surface area (Å²) in [5.74, 6) is 0.577. The third-order valence-corrected chi connectivity index (χ3v) is 4.16. The maximum Gasteiger partial charge on any atom is 0.169 e. The Balaban J connectivity index is 2.46. The number of benzene rings is 1. The van der Waals surface area contributed by atoms with Gasteiger partial charge >= 0.3 is 0 Å². The molecular formula is C16H17ClN4. The van der Waals surface area contributed by atoms with Crippen LogP contribution >= 0.6 is 11.6 Å². The van der Waals surface area contributed by atoms with E-state index in [2.05, 4.69) is 16.3 Å². The molecule has 2 aromatic rings. The van der Waals surface area contributed by atoms with Crippen molar-refractivity contribution in [1.29, 1.82) is 5.26 Å². The molecule has 0 amide bonds. The van der Waals surface area contributed by atoms with Crippen molar-refractivity contribution in [3.05, 3.63) is 51.7 Å². The third-order valence-electron chi connectivity index (χ3n) is 3.82. The Labute approximate surface area is 130 Å². The van der Waals surface area contributed by atoms with Crippen LogP contribution in [0.4, 0.5) is 5.82 Å². The number of anilines is 1. The molecule has 1 unspecified atom stereocenters. The fourth-order valence-electron chi connectivity index (χ4n) is 2.18. The van der Waals surface area contributed by atoms with E-state index in [0.717, 1.165) is 16.8 Å². The molecule has 4 nitrogen and oxygen atoms in total. The highest BCUT2D eigenvalue weighted by atomic mass is 35.5. The molecule has 2 rings (SSSR count). The lowest BCUT2D eigenvalue weighted by Gasteiger charge is -2.27. The topological polar surface area (TPSA) is 52.8 Å². The van der Waals surface area contributed by atoms with Gasteiger partial charge < -0.3 is 4.90 Å². The third kappa shape index (κ3) is 2.84. The highest BCUT2D eigenvalue weighted by Gasteiger charge is 2.21. The molecule has 1 aromatic heterocycles. The molecule has 0 saturated heterocycles. The quantitative estimate of drug-likeness (QED) is 0.865. The van der Waals surface area contributed by atoms with Crippen LogP contribution in [0.15, 0.2) is 24.3 Å². The summed E-state index contributed by atoms with van der Waals surface area (Å²) in [4.78, 5) is 1.93. The molecule has 0 aliphatic rings. The van der Waals surface area contributed by atoms with Gasteiger partial charge in [-0.3, -0.25) is 0 Å². The number of nitrogens with zero attached hydrogens (tertiary/aromatic N) is 4. The minimum Gasteiger partial charge on any atom is -0.350 e. The highest BCUT2D eigenvalue weighted by molar-refractivity contribution is 6.31. The number of nitriles is 1. The van der Waals surface area contributed by atoms with E-state index in [1.807, 2.05) is 57.0 Å². The van der Waals surface area contributed by atoms with Crippen molar-refractivity contribution in [2.45, 2.75) is 26.8 Å². The van der Waals surface area contributed by atoms with Crippen molar-refractivity contribution in [3.63, 3.8) is 0 Å². The van der Waals surface area contributed by atoms with E-state index in [9.17, 15) is 5.26 Å². The van der Waals surface area contributed by atoms with Gasteiger partial charge in [-0.1, -0.05) is 29.8 Å². The molecule has 1 heterocycles. The maximum atomic E-state index is 9.41. The zero-order valence-electron chi connectivity index (χ0n) is 12.6. The van der Waals surface area contributed by atoms with E-state index in [1.165, 1.54) is 0 Å². The molecule has 0 radical (unpaired) electrons. The average Bonchev–Trinajstić information content (AvgIpc) is 2.49. The molecule has 0 aliphatic carbocycles. The Morgan fingerprint density at radius 1 is 1.24 bits per heavy atom. The molecule has 0 N–H and O–H groups in total. The van der Waals surface area contributed by atoms with Gasteiger partial charge in [0.05, 0.1) is 11.7 Å². The van der Waals surface area contributed by atoms with E-state index >= 15 is 0 Å². The fourth-order valence-corrected chi connectivity index (χ4v) is 2.48. The van der Waals surface area contributed by atoms with Gasteiger partial charge in [0.2, 0.25) is 0 Å². The Morgan fingerprint density at radius 3 is 2.52 bits per heavy atom. The molecule has 0 saturated carbocycles. The first-order chi connectivity index (χ1) is 9.97. The first-order valence-electron chi connectivity index (χ1n) is 6.68. The monoisotopic (exact) mass is 300 g/mol. The number of hydrogen-bond donors (Lipinski definition) is 0. The molecule has 0 aliphatic heterocycles. The van der Waals surface area contributed by atoms with Crippen LogP contribution in [0.5, 0.6) is 0 Å². The predicted octanol–water partition coefficient (Wildman–Crippen LogP) is 3.82. The van der Waals surface area contributed by atoms with Crippen molar-refractivity contribution in [2.24, 2.45) is 0 Å². The van der Waals surface area contributed by atoms with Gasteiger partial charge in [-0.15, -0.1) is 5.10 Å². The smallest absolute Gasteiger partial charge is 0.169 e. The van der Waals surface area contributed by atoms with E-state index in [4.69, 9.17) is 11.6 Å². The Hall–Kier alpha value is -2.12. The second-order valence-electron chi connectivity index (χ2n) is 5.03. The van der Waals surface area contributed by atoms with Gasteiger partial charge in [-0.05, 0) is 38.0 Å². The van der Waals surface area contributed by atoms with Gasteiger partial charge in [0.1, 0.15) is 11.6 Å². The van der Waals surface area contributed by atoms with E-state index in [-0.39, 0.29) is 6.04 Å². The van der Waals surface area contributed by atoms with Crippen LogP contribution in [0.25, 0.3) is 0 Å². The molecule has 108 valence electrons. The van der Waals surface area contributed by atoms with Crippen LogP contribution in [0.2, 0.25) is 5.02 Å². The van der Waals surface area contributed by atoms with Gasteiger partial charge in [0.25, 0.3) is 0 Å². The molecule has 21 heavy (non-hydrogen) atoms. The first kappa shape index (κ1) is 15.3. The zero-order chi connectivity index (χ0) is 15.6. The average molecular weight is 301 g/mol. The van der Waals surface area contributed by atoms with Crippen molar-refractivity contribution < 1.29 is 0 Å². The summed E-state index contributed by atoms with van der Waals surface area (Å²) in [7, 11) is 1.90. The number of rotatable bonds is 3. The van der Waals surface area contributed by atoms with E-state index in [1.54, 1.807) is 0 Å². The highest BCUT2D eigenvalue weighted by Crippen LogP contribution is 2.31. The SMILES string of the molecule is Cc1nnc(N(C)C(C)c2ccccc2Cl)c(C#N)c1C. The Bertz CT molecular complexity index is 706. The predicted molar refractivity (Wildman–Crippen MR) is 84.5 cm³/mol. The summed E-state index contributed by atoms with van der Waals surface area (Å²) >= 11 is 6.25. The van der Waals surface area contributed by atoms with E-state index in [0.29, 0.717) is 16.4 Å². The van der Waals surface area contributed by atoms with Crippen LogP contribution in [0.3, 0.4) is 0 Å². The van der Waals surface area contributed by atoms with Crippen LogP contribution in [-0.2, 0) is 0 Å². The number of halogens is 1. The minimum absolute atomic E-state index is 0.0118. The number of aromatic nitrogens is 2. The van der Waals surface area contributed by atoms with Gasteiger partial charge in [0.15, 0.2) is 5.82 Å². The molecule has 1 aromatic carbocycles. The summed E-state index contributed by atoms with van der Waals surface area (Å²) in [6.45, 7) is 5.77. The van der Waals surface area contributed by atoms with Crippen LogP contribution in [0.1, 0.15) is 35.3 Å². The molecule has 0 spiro atoms. The Kier molecular flexibility index (Phi) is 4.44. The molecule has 0 bridgehead atoms. The summed E-state index contributed by atoms with van der Waals surface area (Å²) in [6, 6.07) is 9.90. The second kappa shape index (κ2) is 6.11. The van der Waals surface area contributed by atoms with Crippen molar-refractivity contribution in [3.8, 4) is 6.07 Å². The minimum atomic E-state index is -0.0118. The lowest BCUT2D eigenvalue weighted by molar-refractivity contribution is 0.716. The normalized spacial score (nSPS) is 11.8. The van der Waals surface area contributed by atoms with Gasteiger partial charge in [-0.2, -0.15) is 10.4 Å². The van der Waals surface area contributed by atoms with Gasteiger partial charge in [0, 0.05) is 12.1 Å².